The minimum Gasteiger partial charge on any atom is -0.260 e. The van der Waals surface area contributed by atoms with Gasteiger partial charge in [0.05, 0.1) is 22.4 Å². The van der Waals surface area contributed by atoms with Gasteiger partial charge in [-0.3, -0.25) is 9.13 Å². The van der Waals surface area contributed by atoms with Crippen LogP contribution in [0.2, 0.25) is 0 Å². The molecule has 0 spiro atoms. The van der Waals surface area contributed by atoms with Crippen LogP contribution in [0.1, 0.15) is 0 Å². The van der Waals surface area contributed by atoms with Crippen molar-refractivity contribution in [1.29, 1.82) is 0 Å². The third-order valence-electron chi connectivity index (χ3n) is 8.92. The first-order chi connectivity index (χ1) is 21.7. The maximum Gasteiger partial charge on any atom is 0.338 e. The maximum absolute atomic E-state index is 13.8. The van der Waals surface area contributed by atoms with Crippen molar-refractivity contribution >= 4 is 43.4 Å². The maximum atomic E-state index is 13.8. The standard InChI is InChI=1S/C41H26N2O/c44-41-42(33-12-2-1-3-13-33)37-14-4-5-15-38(37)43(41)34-22-18-27(19-23-34)31-10-7-11-32(26-31)35-24-20-30-17-16-28-8-6-9-29-21-25-36(35)40(30)39(28)29/h1-26H. The lowest BCUT2D eigenvalue weighted by Gasteiger charge is -2.15. The van der Waals surface area contributed by atoms with Gasteiger partial charge in [0.2, 0.25) is 0 Å². The van der Waals surface area contributed by atoms with Gasteiger partial charge in [-0.1, -0.05) is 115 Å². The summed E-state index contributed by atoms with van der Waals surface area (Å²) in [5, 5.41) is 7.75. The van der Waals surface area contributed by atoms with E-state index < -0.39 is 0 Å². The predicted octanol–water partition coefficient (Wildman–Crippen LogP) is 10.0. The van der Waals surface area contributed by atoms with E-state index in [1.54, 1.807) is 9.13 Å². The molecule has 9 rings (SSSR count). The molecule has 8 aromatic carbocycles. The Morgan fingerprint density at radius 3 is 1.68 bits per heavy atom. The van der Waals surface area contributed by atoms with Gasteiger partial charge in [-0.2, -0.15) is 0 Å². The number of imidazole rings is 1. The van der Waals surface area contributed by atoms with E-state index in [0.29, 0.717) is 0 Å². The normalized spacial score (nSPS) is 11.7. The van der Waals surface area contributed by atoms with Crippen LogP contribution in [0.5, 0.6) is 0 Å². The smallest absolute Gasteiger partial charge is 0.260 e. The van der Waals surface area contributed by atoms with Crippen molar-refractivity contribution in [3.8, 4) is 33.6 Å². The first kappa shape index (κ1) is 24.6. The summed E-state index contributed by atoms with van der Waals surface area (Å²) in [5.74, 6) is 0. The molecule has 1 heterocycles. The summed E-state index contributed by atoms with van der Waals surface area (Å²) in [7, 11) is 0. The molecule has 0 bridgehead atoms. The number of hydrogen-bond acceptors (Lipinski definition) is 1. The molecule has 0 aliphatic rings. The van der Waals surface area contributed by atoms with Crippen molar-refractivity contribution in [3.05, 3.63) is 168 Å². The molecule has 0 radical (unpaired) electrons. The average molecular weight is 563 g/mol. The SMILES string of the molecule is O=c1n(-c2ccccc2)c2ccccc2n1-c1ccc(-c2cccc(-c3ccc4ccc5cccc6ccc3c4c56)c2)cc1. The molecule has 0 N–H and O–H groups in total. The largest absolute Gasteiger partial charge is 0.338 e. The average Bonchev–Trinajstić information content (AvgIpc) is 3.39. The molecule has 0 fully saturated rings. The number of para-hydroxylation sites is 3. The Morgan fingerprint density at radius 1 is 0.386 bits per heavy atom. The fraction of sp³-hybridized carbons (Fsp3) is 0. The number of fused-ring (bicyclic) bond motifs is 1. The zero-order valence-corrected chi connectivity index (χ0v) is 23.8. The molecule has 0 saturated carbocycles. The van der Waals surface area contributed by atoms with Gasteiger partial charge in [0.1, 0.15) is 0 Å². The number of rotatable bonds is 4. The molecule has 0 unspecified atom stereocenters. The molecule has 0 saturated heterocycles. The van der Waals surface area contributed by atoms with E-state index in [4.69, 9.17) is 0 Å². The zero-order valence-electron chi connectivity index (χ0n) is 23.8. The second-order valence-corrected chi connectivity index (χ2v) is 11.4. The van der Waals surface area contributed by atoms with Crippen molar-refractivity contribution < 1.29 is 0 Å². The van der Waals surface area contributed by atoms with Crippen molar-refractivity contribution in [3.63, 3.8) is 0 Å². The number of aromatic nitrogens is 2. The highest BCUT2D eigenvalue weighted by molar-refractivity contribution is 6.25. The van der Waals surface area contributed by atoms with Crippen molar-refractivity contribution in [2.24, 2.45) is 0 Å². The lowest BCUT2D eigenvalue weighted by atomic mass is 9.89. The van der Waals surface area contributed by atoms with Gasteiger partial charge in [-0.25, -0.2) is 4.79 Å². The van der Waals surface area contributed by atoms with E-state index in [0.717, 1.165) is 33.5 Å². The second kappa shape index (κ2) is 9.55. The molecule has 9 aromatic rings. The van der Waals surface area contributed by atoms with E-state index >= 15 is 0 Å². The van der Waals surface area contributed by atoms with E-state index in [2.05, 4.69) is 91.0 Å². The van der Waals surface area contributed by atoms with Crippen LogP contribution in [-0.2, 0) is 0 Å². The summed E-state index contributed by atoms with van der Waals surface area (Å²) in [6, 6.07) is 54.8. The lowest BCUT2D eigenvalue weighted by Crippen LogP contribution is -2.21. The molecule has 0 aliphatic heterocycles. The summed E-state index contributed by atoms with van der Waals surface area (Å²) in [6.45, 7) is 0. The summed E-state index contributed by atoms with van der Waals surface area (Å²) in [6.07, 6.45) is 0. The summed E-state index contributed by atoms with van der Waals surface area (Å²) < 4.78 is 3.58. The van der Waals surface area contributed by atoms with Crippen LogP contribution in [0, 0.1) is 0 Å². The van der Waals surface area contributed by atoms with E-state index in [9.17, 15) is 4.79 Å². The lowest BCUT2D eigenvalue weighted by molar-refractivity contribution is 0.931. The van der Waals surface area contributed by atoms with Gasteiger partial charge >= 0.3 is 5.69 Å². The third-order valence-corrected chi connectivity index (χ3v) is 8.92. The molecule has 1 aromatic heterocycles. The molecule has 3 heteroatoms. The van der Waals surface area contributed by atoms with Crippen molar-refractivity contribution in [2.75, 3.05) is 0 Å². The molecular weight excluding hydrogens is 536 g/mol. The Balaban J connectivity index is 1.14. The fourth-order valence-electron chi connectivity index (χ4n) is 6.88. The first-order valence-electron chi connectivity index (χ1n) is 14.9. The number of benzene rings is 8. The van der Waals surface area contributed by atoms with E-state index in [1.165, 1.54) is 43.4 Å². The Morgan fingerprint density at radius 2 is 0.955 bits per heavy atom. The molecule has 0 atom stereocenters. The van der Waals surface area contributed by atoms with Crippen LogP contribution in [0.4, 0.5) is 0 Å². The highest BCUT2D eigenvalue weighted by atomic mass is 16.1. The molecule has 0 aliphatic carbocycles. The van der Waals surface area contributed by atoms with Gasteiger partial charge in [-0.15, -0.1) is 0 Å². The van der Waals surface area contributed by atoms with E-state index in [-0.39, 0.29) is 5.69 Å². The molecule has 206 valence electrons. The summed E-state index contributed by atoms with van der Waals surface area (Å²) in [4.78, 5) is 13.8. The first-order valence-corrected chi connectivity index (χ1v) is 14.9. The Labute approximate surface area is 253 Å². The van der Waals surface area contributed by atoms with Crippen LogP contribution >= 0.6 is 0 Å². The quantitative estimate of drug-likeness (QED) is 0.196. The minimum absolute atomic E-state index is 0.0823. The highest BCUT2D eigenvalue weighted by Gasteiger charge is 2.16. The summed E-state index contributed by atoms with van der Waals surface area (Å²) >= 11 is 0. The van der Waals surface area contributed by atoms with Crippen molar-refractivity contribution in [2.45, 2.75) is 0 Å². The number of nitrogens with zero attached hydrogens (tertiary/aromatic N) is 2. The monoisotopic (exact) mass is 562 g/mol. The van der Waals surface area contributed by atoms with Crippen LogP contribution < -0.4 is 5.69 Å². The van der Waals surface area contributed by atoms with Gasteiger partial charge in [0.25, 0.3) is 0 Å². The van der Waals surface area contributed by atoms with Crippen LogP contribution in [0.25, 0.3) is 77.0 Å². The van der Waals surface area contributed by atoms with Crippen LogP contribution in [0.15, 0.2) is 163 Å². The van der Waals surface area contributed by atoms with E-state index in [1.807, 2.05) is 66.7 Å². The van der Waals surface area contributed by atoms with Gasteiger partial charge in [0.15, 0.2) is 0 Å². The summed E-state index contributed by atoms with van der Waals surface area (Å²) in [5.41, 5.74) is 8.04. The Bertz CT molecular complexity index is 2540. The van der Waals surface area contributed by atoms with Gasteiger partial charge in [0, 0.05) is 0 Å². The topological polar surface area (TPSA) is 26.9 Å². The van der Waals surface area contributed by atoms with Gasteiger partial charge in [-0.05, 0) is 97.0 Å². The van der Waals surface area contributed by atoms with Crippen molar-refractivity contribution in [1.82, 2.24) is 9.13 Å². The third kappa shape index (κ3) is 3.66. The Hall–Kier alpha value is -5.93. The van der Waals surface area contributed by atoms with Crippen LogP contribution in [-0.4, -0.2) is 9.13 Å². The molecule has 0 amide bonds. The second-order valence-electron chi connectivity index (χ2n) is 11.4. The minimum atomic E-state index is -0.0823. The zero-order chi connectivity index (χ0) is 29.2. The number of hydrogen-bond donors (Lipinski definition) is 0. The highest BCUT2D eigenvalue weighted by Crippen LogP contribution is 2.40. The molecule has 44 heavy (non-hydrogen) atoms. The predicted molar refractivity (Wildman–Crippen MR) is 183 cm³/mol. The van der Waals surface area contributed by atoms with Crippen LogP contribution in [0.3, 0.4) is 0 Å². The van der Waals surface area contributed by atoms with Gasteiger partial charge < -0.3 is 0 Å². The fourth-order valence-corrected chi connectivity index (χ4v) is 6.88. The Kier molecular flexibility index (Phi) is 5.35. The molecular formula is C41H26N2O. The molecule has 3 nitrogen and oxygen atoms in total.